The van der Waals surface area contributed by atoms with E-state index >= 15 is 0 Å². The third kappa shape index (κ3) is 3.59. The Balaban J connectivity index is 2.67. The Morgan fingerprint density at radius 3 is 2.65 bits per heavy atom. The van der Waals surface area contributed by atoms with Gasteiger partial charge in [-0.25, -0.2) is 4.79 Å². The lowest BCUT2D eigenvalue weighted by Gasteiger charge is -2.28. The standard InChI is InChI=1S/C19H22N2O5/c1-4-14-17(19(23)25-6-3)16(12(10-20)18(21)26-14)11-7-8-13(22)15(9-11)24-5-2/h7-9,16,22H,4-6,21H2,1-3H3/t16-/m0/s1. The van der Waals surface area contributed by atoms with Crippen LogP contribution in [0.3, 0.4) is 0 Å². The van der Waals surface area contributed by atoms with Crippen LogP contribution >= 0.6 is 0 Å². The first kappa shape index (κ1) is 19.2. The second-order valence-corrected chi connectivity index (χ2v) is 5.50. The first-order valence-corrected chi connectivity index (χ1v) is 8.41. The molecule has 0 aliphatic carbocycles. The minimum absolute atomic E-state index is 0.0319. The number of phenolic OH excluding ortho intramolecular Hbond substituents is 1. The predicted molar refractivity (Wildman–Crippen MR) is 93.9 cm³/mol. The van der Waals surface area contributed by atoms with E-state index in [1.807, 2.05) is 13.0 Å². The number of benzene rings is 1. The van der Waals surface area contributed by atoms with Crippen LogP contribution in [0.1, 0.15) is 38.7 Å². The fourth-order valence-corrected chi connectivity index (χ4v) is 2.83. The molecule has 7 nitrogen and oxygen atoms in total. The van der Waals surface area contributed by atoms with Gasteiger partial charge in [-0.1, -0.05) is 13.0 Å². The van der Waals surface area contributed by atoms with Crippen LogP contribution < -0.4 is 10.5 Å². The Bertz CT molecular complexity index is 805. The molecular weight excluding hydrogens is 336 g/mol. The minimum atomic E-state index is -0.762. The number of hydrogen-bond acceptors (Lipinski definition) is 7. The van der Waals surface area contributed by atoms with Gasteiger partial charge in [0.15, 0.2) is 11.5 Å². The van der Waals surface area contributed by atoms with Crippen molar-refractivity contribution in [3.63, 3.8) is 0 Å². The monoisotopic (exact) mass is 358 g/mol. The van der Waals surface area contributed by atoms with E-state index in [9.17, 15) is 15.2 Å². The zero-order chi connectivity index (χ0) is 19.3. The maximum absolute atomic E-state index is 12.6. The Morgan fingerprint density at radius 2 is 2.08 bits per heavy atom. The summed E-state index contributed by atoms with van der Waals surface area (Å²) in [5.41, 5.74) is 6.83. The molecule has 0 fully saturated rings. The second kappa shape index (κ2) is 8.30. The number of hydrogen-bond donors (Lipinski definition) is 2. The maximum Gasteiger partial charge on any atom is 0.338 e. The molecule has 1 aromatic rings. The molecule has 0 aromatic heterocycles. The molecule has 138 valence electrons. The first-order chi connectivity index (χ1) is 12.5. The summed E-state index contributed by atoms with van der Waals surface area (Å²) in [5, 5.41) is 19.5. The molecule has 1 atom stereocenters. The number of nitrogens with two attached hydrogens (primary N) is 1. The summed E-state index contributed by atoms with van der Waals surface area (Å²) >= 11 is 0. The van der Waals surface area contributed by atoms with Crippen molar-refractivity contribution < 1.29 is 24.1 Å². The van der Waals surface area contributed by atoms with Crippen molar-refractivity contribution in [1.29, 1.82) is 5.26 Å². The SMILES string of the molecule is CCOC(=O)C1=C(CC)OC(N)=C(C#N)[C@@H]1c1ccc(O)c(OCC)c1. The van der Waals surface area contributed by atoms with E-state index in [4.69, 9.17) is 19.9 Å². The van der Waals surface area contributed by atoms with E-state index in [-0.39, 0.29) is 35.1 Å². The molecular formula is C19H22N2O5. The maximum atomic E-state index is 12.6. The third-order valence-electron chi connectivity index (χ3n) is 3.93. The molecule has 1 aromatic carbocycles. The number of rotatable bonds is 6. The lowest BCUT2D eigenvalue weighted by Crippen LogP contribution is -2.26. The highest BCUT2D eigenvalue weighted by Gasteiger charge is 2.37. The Hall–Kier alpha value is -3.14. The zero-order valence-corrected chi connectivity index (χ0v) is 15.0. The van der Waals surface area contributed by atoms with Gasteiger partial charge in [0, 0.05) is 6.42 Å². The summed E-state index contributed by atoms with van der Waals surface area (Å²) in [7, 11) is 0. The molecule has 7 heteroatoms. The first-order valence-electron chi connectivity index (χ1n) is 8.41. The second-order valence-electron chi connectivity index (χ2n) is 5.50. The molecule has 1 aliphatic heterocycles. The number of carbonyl (C=O) groups excluding carboxylic acids is 1. The molecule has 1 aliphatic rings. The van der Waals surface area contributed by atoms with Crippen LogP contribution in [0.5, 0.6) is 11.5 Å². The number of phenols is 1. The third-order valence-corrected chi connectivity index (χ3v) is 3.93. The summed E-state index contributed by atoms with van der Waals surface area (Å²) in [6.45, 7) is 5.85. The van der Waals surface area contributed by atoms with E-state index in [0.717, 1.165) is 0 Å². The molecule has 0 bridgehead atoms. The van der Waals surface area contributed by atoms with Gasteiger partial charge in [-0.15, -0.1) is 0 Å². The fourth-order valence-electron chi connectivity index (χ4n) is 2.83. The highest BCUT2D eigenvalue weighted by molar-refractivity contribution is 5.92. The van der Waals surface area contributed by atoms with Crippen molar-refractivity contribution in [3.8, 4) is 17.6 Å². The van der Waals surface area contributed by atoms with Gasteiger partial charge in [-0.2, -0.15) is 5.26 Å². The van der Waals surface area contributed by atoms with Crippen LogP contribution in [-0.2, 0) is 14.3 Å². The lowest BCUT2D eigenvalue weighted by molar-refractivity contribution is -0.139. The Morgan fingerprint density at radius 1 is 1.35 bits per heavy atom. The number of nitrogens with zero attached hydrogens (tertiary/aromatic N) is 1. The quantitative estimate of drug-likeness (QED) is 0.751. The predicted octanol–water partition coefficient (Wildman–Crippen LogP) is 2.83. The zero-order valence-electron chi connectivity index (χ0n) is 15.0. The molecule has 1 heterocycles. The van der Waals surface area contributed by atoms with Crippen molar-refractivity contribution in [1.82, 2.24) is 0 Å². The Labute approximate surface area is 152 Å². The molecule has 3 N–H and O–H groups in total. The largest absolute Gasteiger partial charge is 0.504 e. The highest BCUT2D eigenvalue weighted by Crippen LogP contribution is 2.42. The van der Waals surface area contributed by atoms with Gasteiger partial charge in [0.2, 0.25) is 5.88 Å². The lowest BCUT2D eigenvalue weighted by atomic mass is 9.82. The van der Waals surface area contributed by atoms with Gasteiger partial charge >= 0.3 is 5.97 Å². The molecule has 0 amide bonds. The number of esters is 1. The smallest absolute Gasteiger partial charge is 0.338 e. The molecule has 0 radical (unpaired) electrons. The van der Waals surface area contributed by atoms with Crippen molar-refractivity contribution in [2.45, 2.75) is 33.1 Å². The van der Waals surface area contributed by atoms with Crippen LogP contribution in [0.2, 0.25) is 0 Å². The topological polar surface area (TPSA) is 115 Å². The molecule has 0 spiro atoms. The summed E-state index contributed by atoms with van der Waals surface area (Å²) in [6.07, 6.45) is 0.403. The van der Waals surface area contributed by atoms with Gasteiger partial charge < -0.3 is 25.1 Å². The van der Waals surface area contributed by atoms with Gasteiger partial charge in [0.25, 0.3) is 0 Å². The van der Waals surface area contributed by atoms with Crippen molar-refractivity contribution in [2.75, 3.05) is 13.2 Å². The summed E-state index contributed by atoms with van der Waals surface area (Å²) < 4.78 is 16.1. The van der Waals surface area contributed by atoms with Crippen LogP contribution in [0.15, 0.2) is 41.0 Å². The van der Waals surface area contributed by atoms with Crippen molar-refractivity contribution in [3.05, 3.63) is 46.6 Å². The average molecular weight is 358 g/mol. The van der Waals surface area contributed by atoms with E-state index in [1.54, 1.807) is 26.0 Å². The fraction of sp³-hybridized carbons (Fsp3) is 0.368. The normalized spacial score (nSPS) is 16.8. The van der Waals surface area contributed by atoms with Crippen LogP contribution in [0.4, 0.5) is 0 Å². The average Bonchev–Trinajstić information content (AvgIpc) is 2.62. The summed E-state index contributed by atoms with van der Waals surface area (Å²) in [5.74, 6) is -0.795. The van der Waals surface area contributed by atoms with E-state index < -0.39 is 11.9 Å². The van der Waals surface area contributed by atoms with Gasteiger partial charge in [0.05, 0.1) is 24.7 Å². The van der Waals surface area contributed by atoms with E-state index in [2.05, 4.69) is 0 Å². The molecule has 0 saturated heterocycles. The number of carbonyl (C=O) groups is 1. The van der Waals surface area contributed by atoms with Crippen LogP contribution in [0.25, 0.3) is 0 Å². The van der Waals surface area contributed by atoms with E-state index in [1.165, 1.54) is 6.07 Å². The molecule has 2 rings (SSSR count). The van der Waals surface area contributed by atoms with Gasteiger partial charge in [0.1, 0.15) is 17.4 Å². The number of aromatic hydroxyl groups is 1. The Kier molecular flexibility index (Phi) is 6.12. The number of ether oxygens (including phenoxy) is 3. The molecule has 0 saturated carbocycles. The summed E-state index contributed by atoms with van der Waals surface area (Å²) in [6, 6.07) is 6.68. The van der Waals surface area contributed by atoms with Gasteiger partial charge in [-0.05, 0) is 31.5 Å². The van der Waals surface area contributed by atoms with Crippen molar-refractivity contribution in [2.24, 2.45) is 5.73 Å². The molecule has 0 unspecified atom stereocenters. The van der Waals surface area contributed by atoms with Crippen molar-refractivity contribution >= 4 is 5.97 Å². The minimum Gasteiger partial charge on any atom is -0.504 e. The molecule has 26 heavy (non-hydrogen) atoms. The van der Waals surface area contributed by atoms with Crippen LogP contribution in [0, 0.1) is 11.3 Å². The number of allylic oxidation sites excluding steroid dienone is 2. The van der Waals surface area contributed by atoms with E-state index in [0.29, 0.717) is 24.4 Å². The number of nitriles is 1. The van der Waals surface area contributed by atoms with Gasteiger partial charge in [-0.3, -0.25) is 0 Å². The highest BCUT2D eigenvalue weighted by atomic mass is 16.5. The summed E-state index contributed by atoms with van der Waals surface area (Å²) in [4.78, 5) is 12.6. The van der Waals surface area contributed by atoms with Crippen LogP contribution in [-0.4, -0.2) is 24.3 Å².